The van der Waals surface area contributed by atoms with Gasteiger partial charge in [-0.3, -0.25) is 0 Å². The topological polar surface area (TPSA) is 0 Å². The summed E-state index contributed by atoms with van der Waals surface area (Å²) in [4.78, 5) is 0. The first-order chi connectivity index (χ1) is 11.3. The van der Waals surface area contributed by atoms with Gasteiger partial charge in [-0.05, 0) is 54.4 Å². The molecule has 0 heteroatoms. The molecular formula is C23H32. The molecule has 0 amide bonds. The third-order valence-corrected chi connectivity index (χ3v) is 4.59. The summed E-state index contributed by atoms with van der Waals surface area (Å²) < 4.78 is 0. The van der Waals surface area contributed by atoms with Gasteiger partial charge >= 0.3 is 0 Å². The first-order valence-corrected chi connectivity index (χ1v) is 9.47. The Morgan fingerprint density at radius 1 is 0.478 bits per heavy atom. The largest absolute Gasteiger partial charge is 0.0654 e. The molecule has 23 heavy (non-hydrogen) atoms. The van der Waals surface area contributed by atoms with Crippen molar-refractivity contribution in [3.05, 3.63) is 70.8 Å². The van der Waals surface area contributed by atoms with E-state index in [1.54, 1.807) is 0 Å². The zero-order valence-electron chi connectivity index (χ0n) is 15.0. The minimum atomic E-state index is 1.05. The van der Waals surface area contributed by atoms with E-state index in [1.165, 1.54) is 73.6 Å². The van der Waals surface area contributed by atoms with Crippen molar-refractivity contribution in [2.45, 2.75) is 71.6 Å². The molecule has 0 saturated heterocycles. The first kappa shape index (κ1) is 17.8. The monoisotopic (exact) mass is 308 g/mol. The molecule has 0 aliphatic carbocycles. The molecule has 0 radical (unpaired) electrons. The molecule has 2 aromatic rings. The molecule has 0 aromatic heterocycles. The first-order valence-electron chi connectivity index (χ1n) is 9.47. The van der Waals surface area contributed by atoms with Gasteiger partial charge in [-0.15, -0.1) is 0 Å². The average molecular weight is 309 g/mol. The smallest absolute Gasteiger partial charge is 0.00258 e. The zero-order valence-corrected chi connectivity index (χ0v) is 15.0. The lowest BCUT2D eigenvalue weighted by Gasteiger charge is -2.06. The summed E-state index contributed by atoms with van der Waals surface area (Å²) in [5, 5.41) is 0. The van der Waals surface area contributed by atoms with Crippen LogP contribution >= 0.6 is 0 Å². The van der Waals surface area contributed by atoms with Crippen molar-refractivity contribution in [2.24, 2.45) is 0 Å². The highest BCUT2D eigenvalue weighted by Gasteiger charge is 1.99. The SMILES string of the molecule is CCCCCc1ccc(Cc2ccc(CCCCC)cc2)cc1. The predicted octanol–water partition coefficient (Wildman–Crippen LogP) is 6.74. The van der Waals surface area contributed by atoms with Gasteiger partial charge in [0.05, 0.1) is 0 Å². The molecule has 0 spiro atoms. The molecule has 0 bridgehead atoms. The molecule has 0 fully saturated rings. The van der Waals surface area contributed by atoms with Gasteiger partial charge in [0.2, 0.25) is 0 Å². The van der Waals surface area contributed by atoms with Crippen LogP contribution in [0.3, 0.4) is 0 Å². The lowest BCUT2D eigenvalue weighted by atomic mass is 9.99. The van der Waals surface area contributed by atoms with Gasteiger partial charge in [0.25, 0.3) is 0 Å². The number of benzene rings is 2. The van der Waals surface area contributed by atoms with Crippen molar-refractivity contribution in [1.29, 1.82) is 0 Å². The van der Waals surface area contributed by atoms with Crippen LogP contribution in [0.1, 0.15) is 74.6 Å². The summed E-state index contributed by atoms with van der Waals surface area (Å²) in [6, 6.07) is 18.4. The molecule has 0 aliphatic rings. The Labute approximate surface area is 143 Å². The minimum absolute atomic E-state index is 1.05. The third-order valence-electron chi connectivity index (χ3n) is 4.59. The second kappa shape index (κ2) is 10.3. The van der Waals surface area contributed by atoms with Crippen LogP contribution in [0, 0.1) is 0 Å². The highest BCUT2D eigenvalue weighted by Crippen LogP contribution is 2.15. The third kappa shape index (κ3) is 6.60. The van der Waals surface area contributed by atoms with Crippen LogP contribution < -0.4 is 0 Å². The van der Waals surface area contributed by atoms with E-state index in [0.29, 0.717) is 0 Å². The molecule has 0 N–H and O–H groups in total. The predicted molar refractivity (Wildman–Crippen MR) is 102 cm³/mol. The maximum Gasteiger partial charge on any atom is -0.00258 e. The van der Waals surface area contributed by atoms with Crippen LogP contribution in [0.2, 0.25) is 0 Å². The van der Waals surface area contributed by atoms with E-state index >= 15 is 0 Å². The van der Waals surface area contributed by atoms with E-state index in [0.717, 1.165) is 6.42 Å². The number of rotatable bonds is 10. The van der Waals surface area contributed by atoms with Gasteiger partial charge in [0.15, 0.2) is 0 Å². The van der Waals surface area contributed by atoms with Gasteiger partial charge in [-0.25, -0.2) is 0 Å². The van der Waals surface area contributed by atoms with Gasteiger partial charge in [0.1, 0.15) is 0 Å². The van der Waals surface area contributed by atoms with Crippen molar-refractivity contribution in [3.8, 4) is 0 Å². The molecule has 0 heterocycles. The maximum absolute atomic E-state index is 2.31. The van der Waals surface area contributed by atoms with Crippen molar-refractivity contribution in [3.63, 3.8) is 0 Å². The van der Waals surface area contributed by atoms with Crippen molar-refractivity contribution >= 4 is 0 Å². The van der Waals surface area contributed by atoms with E-state index in [4.69, 9.17) is 0 Å². The van der Waals surface area contributed by atoms with Gasteiger partial charge in [-0.1, -0.05) is 88.1 Å². The summed E-state index contributed by atoms with van der Waals surface area (Å²) in [7, 11) is 0. The second-order valence-electron chi connectivity index (χ2n) is 6.72. The molecule has 0 saturated carbocycles. The summed E-state index contributed by atoms with van der Waals surface area (Å²) in [6.45, 7) is 4.52. The van der Waals surface area contributed by atoms with Gasteiger partial charge in [-0.2, -0.15) is 0 Å². The summed E-state index contributed by atoms with van der Waals surface area (Å²) in [5.74, 6) is 0. The lowest BCUT2D eigenvalue weighted by molar-refractivity contribution is 0.717. The van der Waals surface area contributed by atoms with Crippen LogP contribution in [0.5, 0.6) is 0 Å². The standard InChI is InChI=1S/C23H32/c1-3-5-7-9-20-11-15-22(16-12-20)19-23-17-13-21(14-18-23)10-8-6-4-2/h11-18H,3-10,19H2,1-2H3. The van der Waals surface area contributed by atoms with Crippen LogP contribution in [0.25, 0.3) is 0 Å². The highest BCUT2D eigenvalue weighted by atomic mass is 14.0. The Hall–Kier alpha value is -1.56. The fourth-order valence-electron chi connectivity index (χ4n) is 3.04. The average Bonchev–Trinajstić information content (AvgIpc) is 2.58. The van der Waals surface area contributed by atoms with E-state index < -0.39 is 0 Å². The quantitative estimate of drug-likeness (QED) is 0.426. The summed E-state index contributed by atoms with van der Waals surface area (Å²) in [5.41, 5.74) is 5.80. The van der Waals surface area contributed by atoms with Crippen LogP contribution in [0.4, 0.5) is 0 Å². The molecular weight excluding hydrogens is 276 g/mol. The lowest BCUT2D eigenvalue weighted by Crippen LogP contribution is -1.92. The Morgan fingerprint density at radius 2 is 0.826 bits per heavy atom. The van der Waals surface area contributed by atoms with Gasteiger partial charge < -0.3 is 0 Å². The summed E-state index contributed by atoms with van der Waals surface area (Å²) in [6.07, 6.45) is 11.4. The normalized spacial score (nSPS) is 10.9. The van der Waals surface area contributed by atoms with Crippen LogP contribution in [0.15, 0.2) is 48.5 Å². The molecule has 0 nitrogen and oxygen atoms in total. The van der Waals surface area contributed by atoms with Crippen LogP contribution in [-0.2, 0) is 19.3 Å². The number of aryl methyl sites for hydroxylation is 2. The molecule has 2 rings (SSSR count). The highest BCUT2D eigenvalue weighted by molar-refractivity contribution is 5.30. The Morgan fingerprint density at radius 3 is 1.17 bits per heavy atom. The van der Waals surface area contributed by atoms with Crippen LogP contribution in [-0.4, -0.2) is 0 Å². The minimum Gasteiger partial charge on any atom is -0.0654 e. The van der Waals surface area contributed by atoms with E-state index in [9.17, 15) is 0 Å². The fourth-order valence-corrected chi connectivity index (χ4v) is 3.04. The molecule has 0 atom stereocenters. The Bertz CT molecular complexity index is 482. The Kier molecular flexibility index (Phi) is 7.93. The Balaban J connectivity index is 1.84. The summed E-state index contributed by atoms with van der Waals surface area (Å²) >= 11 is 0. The van der Waals surface area contributed by atoms with Crippen molar-refractivity contribution in [1.82, 2.24) is 0 Å². The second-order valence-corrected chi connectivity index (χ2v) is 6.72. The zero-order chi connectivity index (χ0) is 16.3. The number of hydrogen-bond acceptors (Lipinski definition) is 0. The van der Waals surface area contributed by atoms with E-state index in [2.05, 4.69) is 62.4 Å². The fraction of sp³-hybridized carbons (Fsp3) is 0.478. The molecule has 0 aliphatic heterocycles. The molecule has 124 valence electrons. The van der Waals surface area contributed by atoms with Gasteiger partial charge in [0, 0.05) is 0 Å². The van der Waals surface area contributed by atoms with Crippen molar-refractivity contribution in [2.75, 3.05) is 0 Å². The van der Waals surface area contributed by atoms with E-state index in [-0.39, 0.29) is 0 Å². The van der Waals surface area contributed by atoms with E-state index in [1.807, 2.05) is 0 Å². The molecule has 2 aromatic carbocycles. The maximum atomic E-state index is 2.31. The molecule has 0 unspecified atom stereocenters. The number of hydrogen-bond donors (Lipinski definition) is 0. The number of unbranched alkanes of at least 4 members (excludes halogenated alkanes) is 4. The van der Waals surface area contributed by atoms with Crippen molar-refractivity contribution < 1.29 is 0 Å².